The number of benzene rings is 1. The second kappa shape index (κ2) is 5.12. The SMILES string of the molecule is Cc1nn(CC(O)c2ccccc2Cl)c(C)c1C. The van der Waals surface area contributed by atoms with Crippen LogP contribution < -0.4 is 0 Å². The Morgan fingerprint density at radius 1 is 1.28 bits per heavy atom. The van der Waals surface area contributed by atoms with Crippen molar-refractivity contribution in [2.24, 2.45) is 0 Å². The minimum absolute atomic E-state index is 0.421. The third kappa shape index (κ3) is 2.42. The molecule has 0 fully saturated rings. The van der Waals surface area contributed by atoms with Crippen LogP contribution in [0.2, 0.25) is 5.02 Å². The van der Waals surface area contributed by atoms with Gasteiger partial charge in [-0.1, -0.05) is 29.8 Å². The summed E-state index contributed by atoms with van der Waals surface area (Å²) in [5.74, 6) is 0. The van der Waals surface area contributed by atoms with Crippen molar-refractivity contribution in [3.05, 3.63) is 51.8 Å². The zero-order valence-electron chi connectivity index (χ0n) is 10.8. The summed E-state index contributed by atoms with van der Waals surface area (Å²) in [5, 5.41) is 15.2. The van der Waals surface area contributed by atoms with Gasteiger partial charge in [0.05, 0.1) is 18.3 Å². The fourth-order valence-corrected chi connectivity index (χ4v) is 2.23. The van der Waals surface area contributed by atoms with Gasteiger partial charge in [-0.15, -0.1) is 0 Å². The van der Waals surface area contributed by atoms with Crippen molar-refractivity contribution in [3.8, 4) is 0 Å². The quantitative estimate of drug-likeness (QED) is 0.925. The highest BCUT2D eigenvalue weighted by Crippen LogP contribution is 2.24. The van der Waals surface area contributed by atoms with Gasteiger partial charge in [0, 0.05) is 16.3 Å². The molecular formula is C14H17ClN2O. The molecule has 1 aromatic carbocycles. The molecule has 1 heterocycles. The third-order valence-corrected chi connectivity index (χ3v) is 3.70. The van der Waals surface area contributed by atoms with Gasteiger partial charge in [-0.3, -0.25) is 4.68 Å². The summed E-state index contributed by atoms with van der Waals surface area (Å²) in [7, 11) is 0. The van der Waals surface area contributed by atoms with Gasteiger partial charge in [-0.2, -0.15) is 5.10 Å². The van der Waals surface area contributed by atoms with E-state index in [4.69, 9.17) is 11.6 Å². The minimum atomic E-state index is -0.643. The maximum Gasteiger partial charge on any atom is 0.1000 e. The highest BCUT2D eigenvalue weighted by atomic mass is 35.5. The predicted molar refractivity (Wildman–Crippen MR) is 72.8 cm³/mol. The number of rotatable bonds is 3. The fourth-order valence-electron chi connectivity index (χ4n) is 1.97. The maximum absolute atomic E-state index is 10.2. The van der Waals surface area contributed by atoms with E-state index in [1.165, 1.54) is 5.56 Å². The van der Waals surface area contributed by atoms with Crippen LogP contribution in [0.25, 0.3) is 0 Å². The summed E-state index contributed by atoms with van der Waals surface area (Å²) in [6.45, 7) is 6.44. The van der Waals surface area contributed by atoms with Crippen LogP contribution in [0.3, 0.4) is 0 Å². The molecule has 0 saturated heterocycles. The second-order valence-electron chi connectivity index (χ2n) is 4.52. The number of halogens is 1. The Kier molecular flexibility index (Phi) is 3.73. The van der Waals surface area contributed by atoms with Gasteiger partial charge in [0.25, 0.3) is 0 Å². The molecule has 2 rings (SSSR count). The lowest BCUT2D eigenvalue weighted by Gasteiger charge is -2.14. The Morgan fingerprint density at radius 2 is 1.94 bits per heavy atom. The Balaban J connectivity index is 2.24. The lowest BCUT2D eigenvalue weighted by atomic mass is 10.1. The van der Waals surface area contributed by atoms with Gasteiger partial charge >= 0.3 is 0 Å². The number of aliphatic hydroxyl groups excluding tert-OH is 1. The molecule has 96 valence electrons. The molecule has 2 aromatic rings. The van der Waals surface area contributed by atoms with E-state index in [2.05, 4.69) is 5.10 Å². The van der Waals surface area contributed by atoms with E-state index in [1.54, 1.807) is 6.07 Å². The molecule has 0 amide bonds. The normalized spacial score (nSPS) is 12.7. The van der Waals surface area contributed by atoms with Crippen molar-refractivity contribution in [2.45, 2.75) is 33.4 Å². The summed E-state index contributed by atoms with van der Waals surface area (Å²) < 4.78 is 1.83. The second-order valence-corrected chi connectivity index (χ2v) is 4.92. The Morgan fingerprint density at radius 3 is 2.50 bits per heavy atom. The number of nitrogens with zero attached hydrogens (tertiary/aromatic N) is 2. The number of hydrogen-bond acceptors (Lipinski definition) is 2. The number of aromatic nitrogens is 2. The maximum atomic E-state index is 10.2. The molecule has 0 bridgehead atoms. The van der Waals surface area contributed by atoms with Crippen molar-refractivity contribution < 1.29 is 5.11 Å². The van der Waals surface area contributed by atoms with E-state index in [0.717, 1.165) is 17.0 Å². The Hall–Kier alpha value is -1.32. The van der Waals surface area contributed by atoms with E-state index in [-0.39, 0.29) is 0 Å². The Bertz CT molecular complexity index is 563. The summed E-state index contributed by atoms with van der Waals surface area (Å²) in [5.41, 5.74) is 3.99. The molecule has 0 spiro atoms. The van der Waals surface area contributed by atoms with Crippen molar-refractivity contribution in [2.75, 3.05) is 0 Å². The first kappa shape index (κ1) is 13.1. The summed E-state index contributed by atoms with van der Waals surface area (Å²) in [4.78, 5) is 0. The highest BCUT2D eigenvalue weighted by molar-refractivity contribution is 6.31. The molecule has 18 heavy (non-hydrogen) atoms. The molecule has 1 unspecified atom stereocenters. The zero-order chi connectivity index (χ0) is 13.3. The van der Waals surface area contributed by atoms with Crippen molar-refractivity contribution in [3.63, 3.8) is 0 Å². The first-order valence-electron chi connectivity index (χ1n) is 5.93. The van der Waals surface area contributed by atoms with Gasteiger partial charge in [0.2, 0.25) is 0 Å². The molecular weight excluding hydrogens is 248 g/mol. The molecule has 3 nitrogen and oxygen atoms in total. The van der Waals surface area contributed by atoms with Gasteiger partial charge in [0.1, 0.15) is 0 Å². The summed E-state index contributed by atoms with van der Waals surface area (Å²) >= 11 is 6.07. The fraction of sp³-hybridized carbons (Fsp3) is 0.357. The van der Waals surface area contributed by atoms with Crippen LogP contribution in [0.1, 0.15) is 28.6 Å². The van der Waals surface area contributed by atoms with E-state index in [9.17, 15) is 5.11 Å². The number of hydrogen-bond donors (Lipinski definition) is 1. The van der Waals surface area contributed by atoms with Crippen molar-refractivity contribution in [1.29, 1.82) is 0 Å². The zero-order valence-corrected chi connectivity index (χ0v) is 11.6. The lowest BCUT2D eigenvalue weighted by Crippen LogP contribution is -2.12. The van der Waals surface area contributed by atoms with Crippen LogP contribution in [0.15, 0.2) is 24.3 Å². The number of aryl methyl sites for hydroxylation is 1. The molecule has 0 aliphatic carbocycles. The average Bonchev–Trinajstić information content (AvgIpc) is 2.57. The van der Waals surface area contributed by atoms with Gasteiger partial charge < -0.3 is 5.11 Å². The van der Waals surface area contributed by atoms with Crippen LogP contribution in [-0.2, 0) is 6.54 Å². The smallest absolute Gasteiger partial charge is 0.1000 e. The van der Waals surface area contributed by atoms with Crippen molar-refractivity contribution >= 4 is 11.6 Å². The van der Waals surface area contributed by atoms with E-state index in [0.29, 0.717) is 11.6 Å². The predicted octanol–water partition coefficient (Wildman–Crippen LogP) is 3.20. The molecule has 1 aromatic heterocycles. The first-order chi connectivity index (χ1) is 8.50. The number of aliphatic hydroxyl groups is 1. The highest BCUT2D eigenvalue weighted by Gasteiger charge is 2.15. The van der Waals surface area contributed by atoms with Crippen LogP contribution in [0.4, 0.5) is 0 Å². The van der Waals surface area contributed by atoms with Crippen LogP contribution in [-0.4, -0.2) is 14.9 Å². The van der Waals surface area contributed by atoms with E-state index >= 15 is 0 Å². The summed E-state index contributed by atoms with van der Waals surface area (Å²) in [6, 6.07) is 7.35. The third-order valence-electron chi connectivity index (χ3n) is 3.35. The molecule has 1 N–H and O–H groups in total. The topological polar surface area (TPSA) is 38.0 Å². The average molecular weight is 265 g/mol. The van der Waals surface area contributed by atoms with Crippen molar-refractivity contribution in [1.82, 2.24) is 9.78 Å². The summed E-state index contributed by atoms with van der Waals surface area (Å²) in [6.07, 6.45) is -0.643. The standard InChI is InChI=1S/C14H17ClN2O/c1-9-10(2)16-17(11(9)3)8-14(18)12-6-4-5-7-13(12)15/h4-7,14,18H,8H2,1-3H3. The molecule has 4 heteroatoms. The first-order valence-corrected chi connectivity index (χ1v) is 6.31. The van der Waals surface area contributed by atoms with Gasteiger partial charge in [-0.05, 0) is 32.4 Å². The van der Waals surface area contributed by atoms with Gasteiger partial charge in [-0.25, -0.2) is 0 Å². The molecule has 0 radical (unpaired) electrons. The molecule has 0 aliphatic rings. The molecule has 1 atom stereocenters. The molecule has 0 aliphatic heterocycles. The van der Waals surface area contributed by atoms with Crippen LogP contribution in [0.5, 0.6) is 0 Å². The van der Waals surface area contributed by atoms with E-state index in [1.807, 2.05) is 43.7 Å². The largest absolute Gasteiger partial charge is 0.386 e. The molecule has 0 saturated carbocycles. The van der Waals surface area contributed by atoms with Gasteiger partial charge in [0.15, 0.2) is 0 Å². The Labute approximate surface area is 112 Å². The van der Waals surface area contributed by atoms with E-state index < -0.39 is 6.10 Å². The minimum Gasteiger partial charge on any atom is -0.386 e. The lowest BCUT2D eigenvalue weighted by molar-refractivity contribution is 0.150. The monoisotopic (exact) mass is 264 g/mol. The van der Waals surface area contributed by atoms with Crippen LogP contribution in [0, 0.1) is 20.8 Å². The van der Waals surface area contributed by atoms with Crippen LogP contribution >= 0.6 is 11.6 Å².